The molecule has 1 fully saturated rings. The van der Waals surface area contributed by atoms with Crippen molar-refractivity contribution in [3.63, 3.8) is 0 Å². The molecule has 2 rings (SSSR count). The molecule has 0 amide bonds. The number of nitrogen functional groups attached to an aromatic ring is 1. The van der Waals surface area contributed by atoms with Gasteiger partial charge in [0.1, 0.15) is 4.90 Å². The fourth-order valence-corrected chi connectivity index (χ4v) is 4.02. The molecule has 0 radical (unpaired) electrons. The van der Waals surface area contributed by atoms with Gasteiger partial charge in [-0.25, -0.2) is 13.1 Å². The van der Waals surface area contributed by atoms with E-state index in [4.69, 9.17) is 5.73 Å². The molecule has 114 valence electrons. The average molecular weight is 300 g/mol. The zero-order chi connectivity index (χ0) is 15.3. The van der Waals surface area contributed by atoms with E-state index in [9.17, 15) is 8.42 Å². The van der Waals surface area contributed by atoms with Crippen molar-refractivity contribution < 1.29 is 8.42 Å². The van der Waals surface area contributed by atoms with Gasteiger partial charge in [-0.15, -0.1) is 0 Å². The topological polar surface area (TPSA) is 90.0 Å². The van der Waals surface area contributed by atoms with E-state index in [1.165, 1.54) is 10.9 Å². The standard InChI is InChI=1S/C13H24N4O2S/c1-6-17-8-9(11(14)16-17)20(18,19)15-7-10-12(2,3)13(10,4)5/h8,10,15H,6-7H2,1-5H3,(H2,14,16). The molecular weight excluding hydrogens is 276 g/mol. The molecular formula is C13H24N4O2S. The van der Waals surface area contributed by atoms with Crippen LogP contribution < -0.4 is 10.5 Å². The van der Waals surface area contributed by atoms with Crippen LogP contribution in [0.5, 0.6) is 0 Å². The van der Waals surface area contributed by atoms with Crippen molar-refractivity contribution >= 4 is 15.8 Å². The van der Waals surface area contributed by atoms with E-state index in [1.807, 2.05) is 6.92 Å². The Hall–Kier alpha value is -1.08. The normalized spacial score (nSPS) is 21.1. The predicted molar refractivity (Wildman–Crippen MR) is 78.6 cm³/mol. The van der Waals surface area contributed by atoms with Crippen molar-refractivity contribution in [1.82, 2.24) is 14.5 Å². The monoisotopic (exact) mass is 300 g/mol. The number of hydrogen-bond donors (Lipinski definition) is 2. The highest BCUT2D eigenvalue weighted by Crippen LogP contribution is 2.67. The van der Waals surface area contributed by atoms with Crippen LogP contribution in [-0.2, 0) is 16.6 Å². The molecule has 7 heteroatoms. The second-order valence-corrected chi connectivity index (χ2v) is 8.32. The smallest absolute Gasteiger partial charge is 0.245 e. The summed E-state index contributed by atoms with van der Waals surface area (Å²) in [5, 5.41) is 3.97. The Morgan fingerprint density at radius 2 is 1.90 bits per heavy atom. The van der Waals surface area contributed by atoms with E-state index in [0.29, 0.717) is 19.0 Å². The number of aryl methyl sites for hydroxylation is 1. The quantitative estimate of drug-likeness (QED) is 0.861. The van der Waals surface area contributed by atoms with Gasteiger partial charge in [0.15, 0.2) is 5.82 Å². The number of nitrogens with zero attached hydrogens (tertiary/aromatic N) is 2. The van der Waals surface area contributed by atoms with Crippen LogP contribution in [0.4, 0.5) is 5.82 Å². The Kier molecular flexibility index (Phi) is 3.41. The van der Waals surface area contributed by atoms with Crippen LogP contribution in [0.2, 0.25) is 0 Å². The Morgan fingerprint density at radius 3 is 2.30 bits per heavy atom. The minimum absolute atomic E-state index is 0.0497. The van der Waals surface area contributed by atoms with Crippen LogP contribution in [0, 0.1) is 16.7 Å². The van der Waals surface area contributed by atoms with Gasteiger partial charge in [-0.05, 0) is 23.7 Å². The van der Waals surface area contributed by atoms with Gasteiger partial charge in [0, 0.05) is 19.3 Å². The molecule has 20 heavy (non-hydrogen) atoms. The number of aromatic nitrogens is 2. The van der Waals surface area contributed by atoms with E-state index < -0.39 is 10.0 Å². The van der Waals surface area contributed by atoms with Crippen LogP contribution in [0.3, 0.4) is 0 Å². The summed E-state index contributed by atoms with van der Waals surface area (Å²) in [5.74, 6) is 0.376. The highest BCUT2D eigenvalue weighted by Gasteiger charge is 2.64. The SMILES string of the molecule is CCn1cc(S(=O)(=O)NCC2C(C)(C)C2(C)C)c(N)n1. The summed E-state index contributed by atoms with van der Waals surface area (Å²) in [6.07, 6.45) is 1.47. The maximum atomic E-state index is 12.3. The zero-order valence-corrected chi connectivity index (χ0v) is 13.6. The molecule has 0 saturated heterocycles. The van der Waals surface area contributed by atoms with E-state index in [2.05, 4.69) is 37.5 Å². The maximum Gasteiger partial charge on any atom is 0.245 e. The fraction of sp³-hybridized carbons (Fsp3) is 0.769. The molecule has 1 aromatic heterocycles. The number of nitrogens with two attached hydrogens (primary N) is 1. The molecule has 3 N–H and O–H groups in total. The second-order valence-electron chi connectivity index (χ2n) is 6.58. The summed E-state index contributed by atoms with van der Waals surface area (Å²) in [4.78, 5) is 0.0654. The van der Waals surface area contributed by atoms with Crippen LogP contribution in [0.1, 0.15) is 34.6 Å². The summed E-state index contributed by atoms with van der Waals surface area (Å²) >= 11 is 0. The van der Waals surface area contributed by atoms with Gasteiger partial charge in [-0.3, -0.25) is 4.68 Å². The predicted octanol–water partition coefficient (Wildman–Crippen LogP) is 1.45. The van der Waals surface area contributed by atoms with Crippen LogP contribution in [0.25, 0.3) is 0 Å². The van der Waals surface area contributed by atoms with E-state index in [1.54, 1.807) is 0 Å². The first-order valence-corrected chi connectivity index (χ1v) is 8.35. The summed E-state index contributed by atoms with van der Waals surface area (Å²) in [6, 6.07) is 0. The molecule has 1 aromatic rings. The van der Waals surface area contributed by atoms with Gasteiger partial charge in [0.2, 0.25) is 10.0 Å². The molecule has 6 nitrogen and oxygen atoms in total. The van der Waals surface area contributed by atoms with Crippen molar-refractivity contribution in [1.29, 1.82) is 0 Å². The number of hydrogen-bond acceptors (Lipinski definition) is 4. The van der Waals surface area contributed by atoms with Gasteiger partial charge in [-0.2, -0.15) is 5.10 Å². The molecule has 0 aromatic carbocycles. The lowest BCUT2D eigenvalue weighted by molar-refractivity contribution is 0.457. The number of rotatable bonds is 5. The number of anilines is 1. The largest absolute Gasteiger partial charge is 0.381 e. The lowest BCUT2D eigenvalue weighted by Crippen LogP contribution is -2.27. The average Bonchev–Trinajstić information content (AvgIpc) is 2.64. The minimum Gasteiger partial charge on any atom is -0.381 e. The van der Waals surface area contributed by atoms with Crippen molar-refractivity contribution in [2.24, 2.45) is 16.7 Å². The Balaban J connectivity index is 2.11. The third kappa shape index (κ3) is 2.22. The van der Waals surface area contributed by atoms with Gasteiger partial charge >= 0.3 is 0 Å². The molecule has 1 saturated carbocycles. The highest BCUT2D eigenvalue weighted by molar-refractivity contribution is 7.89. The summed E-state index contributed by atoms with van der Waals surface area (Å²) in [7, 11) is -3.59. The first-order chi connectivity index (χ1) is 9.04. The van der Waals surface area contributed by atoms with Gasteiger partial charge in [-0.1, -0.05) is 27.7 Å². The van der Waals surface area contributed by atoms with Crippen molar-refractivity contribution in [3.8, 4) is 0 Å². The fourth-order valence-electron chi connectivity index (χ4n) is 2.90. The van der Waals surface area contributed by atoms with Crippen molar-refractivity contribution in [3.05, 3.63) is 6.20 Å². The van der Waals surface area contributed by atoms with Crippen LogP contribution >= 0.6 is 0 Å². The molecule has 1 aliphatic rings. The molecule has 1 aliphatic carbocycles. The third-order valence-corrected chi connectivity index (χ3v) is 6.61. The van der Waals surface area contributed by atoms with E-state index >= 15 is 0 Å². The molecule has 0 unspecified atom stereocenters. The van der Waals surface area contributed by atoms with Gasteiger partial charge in [0.05, 0.1) is 0 Å². The molecule has 0 bridgehead atoms. The number of sulfonamides is 1. The van der Waals surface area contributed by atoms with Crippen molar-refractivity contribution in [2.45, 2.75) is 46.1 Å². The lowest BCUT2D eigenvalue weighted by atomic mass is 10.0. The zero-order valence-electron chi connectivity index (χ0n) is 12.8. The minimum atomic E-state index is -3.59. The van der Waals surface area contributed by atoms with Gasteiger partial charge < -0.3 is 5.73 Å². The van der Waals surface area contributed by atoms with Gasteiger partial charge in [0.25, 0.3) is 0 Å². The Bertz CT molecular complexity index is 602. The Morgan fingerprint density at radius 1 is 1.35 bits per heavy atom. The maximum absolute atomic E-state index is 12.3. The van der Waals surface area contributed by atoms with E-state index in [-0.39, 0.29) is 21.5 Å². The van der Waals surface area contributed by atoms with E-state index in [0.717, 1.165) is 0 Å². The molecule has 0 atom stereocenters. The summed E-state index contributed by atoms with van der Waals surface area (Å²) in [6.45, 7) is 11.5. The second kappa shape index (κ2) is 4.46. The molecule has 1 heterocycles. The molecule has 0 aliphatic heterocycles. The molecule has 0 spiro atoms. The third-order valence-electron chi connectivity index (χ3n) is 5.17. The first kappa shape index (κ1) is 15.3. The Labute approximate surface area is 120 Å². The first-order valence-electron chi connectivity index (χ1n) is 6.86. The van der Waals surface area contributed by atoms with Crippen LogP contribution in [0.15, 0.2) is 11.1 Å². The summed E-state index contributed by atoms with van der Waals surface area (Å²) < 4.78 is 28.8. The summed E-state index contributed by atoms with van der Waals surface area (Å²) in [5.41, 5.74) is 5.98. The lowest BCUT2D eigenvalue weighted by Gasteiger charge is -2.06. The van der Waals surface area contributed by atoms with Crippen molar-refractivity contribution in [2.75, 3.05) is 12.3 Å². The van der Waals surface area contributed by atoms with Crippen LogP contribution in [-0.4, -0.2) is 24.7 Å². The number of nitrogens with one attached hydrogen (secondary N) is 1. The highest BCUT2D eigenvalue weighted by atomic mass is 32.2.